The number of amides is 4. The second-order valence-electron chi connectivity index (χ2n) is 7.68. The molecule has 1 fully saturated rings. The molecule has 1 saturated heterocycles. The monoisotopic (exact) mass is 484 g/mol. The van der Waals surface area contributed by atoms with E-state index in [9.17, 15) is 36.0 Å². The molecule has 1 atom stereocenters. The Morgan fingerprint density at radius 3 is 2.09 bits per heavy atom. The first-order chi connectivity index (χ1) is 15.2. The lowest BCUT2D eigenvalue weighted by molar-refractivity contribution is -0.126. The predicted octanol–water partition coefficient (Wildman–Crippen LogP) is 2.76. The number of hydrogen-bond donors (Lipinski definition) is 1. The highest BCUT2D eigenvalue weighted by molar-refractivity contribution is 7.92. The van der Waals surface area contributed by atoms with Crippen LogP contribution in [0.25, 0.3) is 0 Å². The number of nitrogens with zero attached hydrogens (tertiary/aromatic N) is 3. The molecular weight excluding hydrogens is 465 g/mol. The quantitative estimate of drug-likeness (QED) is 0.653. The Kier molecular flexibility index (Phi) is 5.96. The van der Waals surface area contributed by atoms with E-state index in [0.29, 0.717) is 17.7 Å². The van der Waals surface area contributed by atoms with Crippen LogP contribution < -0.4 is 10.2 Å². The van der Waals surface area contributed by atoms with Gasteiger partial charge in [0.15, 0.2) is 0 Å². The fourth-order valence-corrected chi connectivity index (χ4v) is 4.18. The summed E-state index contributed by atoms with van der Waals surface area (Å²) in [6.07, 6.45) is 1.83. The third-order valence-corrected chi connectivity index (χ3v) is 6.56. The van der Waals surface area contributed by atoms with Gasteiger partial charge in [0.1, 0.15) is 11.7 Å². The summed E-state index contributed by atoms with van der Waals surface area (Å²) in [6.45, 7) is 4.14. The minimum atomic E-state index is -5.59. The first-order valence-electron chi connectivity index (χ1n) is 9.46. The van der Waals surface area contributed by atoms with Gasteiger partial charge in [-0.1, -0.05) is 0 Å². The standard InChI is InChI=1S/C20H19F3N4O5S/c1-12(28)25-16(13-8-10-24-11-9-13)27-18(30)26(17(29)19(27,2)3)14-4-6-15(7-5-14)33(31,32)20(21,22)23/h4-11,16H,1-3H3,(H,25,28). The van der Waals surface area contributed by atoms with E-state index >= 15 is 0 Å². The lowest BCUT2D eigenvalue weighted by Crippen LogP contribution is -2.51. The van der Waals surface area contributed by atoms with E-state index in [4.69, 9.17) is 0 Å². The van der Waals surface area contributed by atoms with Crippen molar-refractivity contribution in [3.05, 3.63) is 54.4 Å². The van der Waals surface area contributed by atoms with Crippen LogP contribution in [0.5, 0.6) is 0 Å². The van der Waals surface area contributed by atoms with Crippen LogP contribution in [0.15, 0.2) is 53.7 Å². The van der Waals surface area contributed by atoms with Crippen molar-refractivity contribution in [3.63, 3.8) is 0 Å². The first kappa shape index (κ1) is 24.2. The van der Waals surface area contributed by atoms with Gasteiger partial charge in [0, 0.05) is 19.3 Å². The molecule has 1 N–H and O–H groups in total. The number of sulfone groups is 1. The lowest BCUT2D eigenvalue weighted by Gasteiger charge is -2.35. The molecule has 0 radical (unpaired) electrons. The molecule has 2 aromatic rings. The summed E-state index contributed by atoms with van der Waals surface area (Å²) in [5.74, 6) is -1.20. The van der Waals surface area contributed by atoms with E-state index in [2.05, 4.69) is 10.3 Å². The lowest BCUT2D eigenvalue weighted by atomic mass is 10.0. The first-order valence-corrected chi connectivity index (χ1v) is 10.9. The van der Waals surface area contributed by atoms with Crippen molar-refractivity contribution >= 4 is 33.4 Å². The number of nitrogens with one attached hydrogen (secondary N) is 1. The van der Waals surface area contributed by atoms with Crippen molar-refractivity contribution in [1.82, 2.24) is 15.2 Å². The maximum absolute atomic E-state index is 13.3. The number of carbonyl (C=O) groups is 3. The Bertz CT molecular complexity index is 1200. The van der Waals surface area contributed by atoms with Crippen molar-refractivity contribution in [1.29, 1.82) is 0 Å². The Morgan fingerprint density at radius 2 is 1.61 bits per heavy atom. The highest BCUT2D eigenvalue weighted by Crippen LogP contribution is 2.38. The Labute approximate surface area is 187 Å². The van der Waals surface area contributed by atoms with Gasteiger partial charge in [0.25, 0.3) is 15.7 Å². The maximum Gasteiger partial charge on any atom is 0.501 e. The number of carbonyl (C=O) groups excluding carboxylic acids is 3. The van der Waals surface area contributed by atoms with Gasteiger partial charge < -0.3 is 5.32 Å². The van der Waals surface area contributed by atoms with E-state index in [-0.39, 0.29) is 5.69 Å². The second kappa shape index (κ2) is 8.14. The fraction of sp³-hybridized carbons (Fsp3) is 0.300. The van der Waals surface area contributed by atoms with Crippen LogP contribution >= 0.6 is 0 Å². The van der Waals surface area contributed by atoms with Crippen molar-refractivity contribution < 1.29 is 36.0 Å². The predicted molar refractivity (Wildman–Crippen MR) is 109 cm³/mol. The summed E-state index contributed by atoms with van der Waals surface area (Å²) in [7, 11) is -5.59. The molecule has 1 aliphatic heterocycles. The molecule has 33 heavy (non-hydrogen) atoms. The topological polar surface area (TPSA) is 117 Å². The normalized spacial score (nSPS) is 17.3. The van der Waals surface area contributed by atoms with Crippen LogP contribution in [0.4, 0.5) is 23.7 Å². The summed E-state index contributed by atoms with van der Waals surface area (Å²) in [5.41, 5.74) is -6.63. The summed E-state index contributed by atoms with van der Waals surface area (Å²) in [4.78, 5) is 43.0. The summed E-state index contributed by atoms with van der Waals surface area (Å²) < 4.78 is 61.6. The molecule has 3 rings (SSSR count). The van der Waals surface area contributed by atoms with E-state index in [0.717, 1.165) is 21.9 Å². The number of benzene rings is 1. The molecule has 2 heterocycles. The summed E-state index contributed by atoms with van der Waals surface area (Å²) >= 11 is 0. The second-order valence-corrected chi connectivity index (χ2v) is 9.62. The average molecular weight is 484 g/mol. The van der Waals surface area contributed by atoms with Gasteiger partial charge in [0.2, 0.25) is 5.91 Å². The van der Waals surface area contributed by atoms with E-state index < -0.39 is 49.8 Å². The SMILES string of the molecule is CC(=O)NC(c1ccncc1)N1C(=O)N(c2ccc(S(=O)(=O)C(F)(F)F)cc2)C(=O)C1(C)C. The maximum atomic E-state index is 13.3. The highest BCUT2D eigenvalue weighted by Gasteiger charge is 2.55. The molecule has 1 aromatic heterocycles. The Hall–Kier alpha value is -3.48. The molecule has 4 amide bonds. The number of halogens is 3. The number of urea groups is 1. The molecule has 13 heteroatoms. The number of anilines is 1. The smallest absolute Gasteiger partial charge is 0.332 e. The zero-order valence-electron chi connectivity index (χ0n) is 17.6. The number of alkyl halides is 3. The molecule has 1 unspecified atom stereocenters. The molecule has 176 valence electrons. The van der Waals surface area contributed by atoms with Gasteiger partial charge in [-0.3, -0.25) is 19.5 Å². The largest absolute Gasteiger partial charge is 0.501 e. The van der Waals surface area contributed by atoms with Crippen LogP contribution in [0.2, 0.25) is 0 Å². The molecular formula is C20H19F3N4O5S. The van der Waals surface area contributed by atoms with Gasteiger partial charge in [0.05, 0.1) is 10.6 Å². The van der Waals surface area contributed by atoms with Crippen molar-refractivity contribution in [2.24, 2.45) is 0 Å². The van der Waals surface area contributed by atoms with E-state index in [1.807, 2.05) is 0 Å². The molecule has 1 aliphatic rings. The van der Waals surface area contributed by atoms with Crippen molar-refractivity contribution in [2.45, 2.75) is 42.9 Å². The zero-order chi connectivity index (χ0) is 24.8. The molecule has 1 aromatic carbocycles. The van der Waals surface area contributed by atoms with Crippen LogP contribution in [-0.2, 0) is 19.4 Å². The van der Waals surface area contributed by atoms with Crippen LogP contribution in [0, 0.1) is 0 Å². The highest BCUT2D eigenvalue weighted by atomic mass is 32.2. The minimum absolute atomic E-state index is 0.127. The number of imide groups is 1. The summed E-state index contributed by atoms with van der Waals surface area (Å²) in [6, 6.07) is 5.46. The number of aromatic nitrogens is 1. The van der Waals surface area contributed by atoms with E-state index in [1.165, 1.54) is 33.2 Å². The zero-order valence-corrected chi connectivity index (χ0v) is 18.4. The Morgan fingerprint density at radius 1 is 1.06 bits per heavy atom. The van der Waals surface area contributed by atoms with Gasteiger partial charge >= 0.3 is 11.5 Å². The third kappa shape index (κ3) is 4.15. The van der Waals surface area contributed by atoms with Crippen molar-refractivity contribution in [2.75, 3.05) is 4.90 Å². The van der Waals surface area contributed by atoms with Gasteiger partial charge in [-0.2, -0.15) is 13.2 Å². The number of rotatable bonds is 5. The molecule has 9 nitrogen and oxygen atoms in total. The van der Waals surface area contributed by atoms with Gasteiger partial charge in [-0.05, 0) is 55.8 Å². The van der Waals surface area contributed by atoms with Gasteiger partial charge in [-0.15, -0.1) is 0 Å². The van der Waals surface area contributed by atoms with Crippen LogP contribution in [0.1, 0.15) is 32.5 Å². The number of pyridine rings is 1. The number of hydrogen-bond acceptors (Lipinski definition) is 6. The van der Waals surface area contributed by atoms with E-state index in [1.54, 1.807) is 12.1 Å². The molecule has 0 aliphatic carbocycles. The van der Waals surface area contributed by atoms with Crippen LogP contribution in [-0.4, -0.2) is 47.2 Å². The Balaban J connectivity index is 2.04. The fourth-order valence-electron chi connectivity index (χ4n) is 3.41. The van der Waals surface area contributed by atoms with Crippen molar-refractivity contribution in [3.8, 4) is 0 Å². The average Bonchev–Trinajstić information content (AvgIpc) is 2.90. The molecule has 0 bridgehead atoms. The molecule has 0 spiro atoms. The minimum Gasteiger partial charge on any atom is -0.332 e. The molecule has 0 saturated carbocycles. The van der Waals surface area contributed by atoms with Gasteiger partial charge in [-0.25, -0.2) is 18.1 Å². The van der Waals surface area contributed by atoms with Crippen LogP contribution in [0.3, 0.4) is 0 Å². The summed E-state index contributed by atoms with van der Waals surface area (Å²) in [5, 5.41) is 2.62. The third-order valence-electron chi connectivity index (χ3n) is 5.06.